The van der Waals surface area contributed by atoms with Gasteiger partial charge >= 0.3 is 0 Å². The van der Waals surface area contributed by atoms with Crippen molar-refractivity contribution in [2.24, 2.45) is 0 Å². The molecule has 0 aliphatic rings. The van der Waals surface area contributed by atoms with Crippen molar-refractivity contribution in [3.8, 4) is 11.6 Å². The molecule has 0 saturated heterocycles. The average Bonchev–Trinajstić information content (AvgIpc) is 2.36. The Morgan fingerprint density at radius 3 is 2.89 bits per heavy atom. The van der Waals surface area contributed by atoms with E-state index in [1.165, 1.54) is 12.3 Å². The molecule has 0 spiro atoms. The highest BCUT2D eigenvalue weighted by molar-refractivity contribution is 5.42. The van der Waals surface area contributed by atoms with Gasteiger partial charge in [0, 0.05) is 12.3 Å². The number of hydrogen-bond donors (Lipinski definition) is 1. The monoisotopic (exact) mass is 244 g/mol. The molecule has 0 fully saturated rings. The van der Waals surface area contributed by atoms with Crippen molar-refractivity contribution in [1.29, 1.82) is 0 Å². The summed E-state index contributed by atoms with van der Waals surface area (Å²) in [6, 6.07) is 7.38. The second-order valence-corrected chi connectivity index (χ2v) is 4.16. The number of aromatic nitrogens is 2. The van der Waals surface area contributed by atoms with Gasteiger partial charge in [0.1, 0.15) is 5.75 Å². The topological polar surface area (TPSA) is 55.0 Å². The normalized spacial score (nSPS) is 10.3. The van der Waals surface area contributed by atoms with Gasteiger partial charge in [-0.2, -0.15) is 0 Å². The summed E-state index contributed by atoms with van der Waals surface area (Å²) in [6.07, 6.45) is 3.43. The van der Waals surface area contributed by atoms with Gasteiger partial charge in [0.05, 0.1) is 0 Å². The Morgan fingerprint density at radius 1 is 1.33 bits per heavy atom. The summed E-state index contributed by atoms with van der Waals surface area (Å²) in [7, 11) is 0. The number of rotatable bonds is 4. The fourth-order valence-electron chi connectivity index (χ4n) is 1.83. The van der Waals surface area contributed by atoms with Crippen molar-refractivity contribution in [3.63, 3.8) is 0 Å². The van der Waals surface area contributed by atoms with E-state index >= 15 is 0 Å². The van der Waals surface area contributed by atoms with Gasteiger partial charge in [-0.15, -0.1) is 5.10 Å². The van der Waals surface area contributed by atoms with E-state index in [2.05, 4.69) is 17.1 Å². The van der Waals surface area contributed by atoms with Crippen LogP contribution in [0.1, 0.15) is 24.5 Å². The van der Waals surface area contributed by atoms with E-state index in [-0.39, 0.29) is 11.3 Å². The molecule has 1 heterocycles. The van der Waals surface area contributed by atoms with E-state index in [0.717, 1.165) is 29.7 Å². The van der Waals surface area contributed by atoms with Crippen LogP contribution >= 0.6 is 0 Å². The quantitative estimate of drug-likeness (QED) is 0.899. The molecule has 2 rings (SSSR count). The van der Waals surface area contributed by atoms with Crippen LogP contribution in [0.4, 0.5) is 0 Å². The summed E-state index contributed by atoms with van der Waals surface area (Å²) < 4.78 is 5.67. The molecule has 0 saturated carbocycles. The maximum atomic E-state index is 11.6. The highest BCUT2D eigenvalue weighted by Crippen LogP contribution is 2.27. The zero-order valence-electron chi connectivity index (χ0n) is 10.6. The minimum absolute atomic E-state index is 0.0872. The molecule has 0 amide bonds. The zero-order valence-corrected chi connectivity index (χ0v) is 10.6. The molecular formula is C14H16N2O2. The van der Waals surface area contributed by atoms with Gasteiger partial charge in [-0.3, -0.25) is 9.89 Å². The van der Waals surface area contributed by atoms with Gasteiger partial charge in [-0.1, -0.05) is 31.5 Å². The fourth-order valence-corrected chi connectivity index (χ4v) is 1.83. The van der Waals surface area contributed by atoms with E-state index in [4.69, 9.17) is 4.74 Å². The maximum absolute atomic E-state index is 11.6. The van der Waals surface area contributed by atoms with Crippen LogP contribution in [0.15, 0.2) is 35.3 Å². The van der Waals surface area contributed by atoms with Crippen LogP contribution in [0.25, 0.3) is 0 Å². The molecule has 4 heteroatoms. The van der Waals surface area contributed by atoms with Crippen LogP contribution in [0.3, 0.4) is 0 Å². The summed E-state index contributed by atoms with van der Waals surface area (Å²) in [5.74, 6) is 0.827. The molecular weight excluding hydrogens is 228 g/mol. The van der Waals surface area contributed by atoms with Crippen LogP contribution < -0.4 is 10.2 Å². The standard InChI is InChI=1S/C14H16N2O2/c1-3-5-11-7-4-6-10(2)13(11)18-14-12(17)8-9-15-16-14/h4,6-9H,3,5H2,1-2H3,(H,15,17). The summed E-state index contributed by atoms with van der Waals surface area (Å²) in [4.78, 5) is 11.6. The third-order valence-corrected chi connectivity index (χ3v) is 2.70. The summed E-state index contributed by atoms with van der Waals surface area (Å²) in [5.41, 5.74) is 1.88. The molecule has 0 aliphatic heterocycles. The molecule has 0 unspecified atom stereocenters. The third-order valence-electron chi connectivity index (χ3n) is 2.70. The number of aromatic amines is 1. The lowest BCUT2D eigenvalue weighted by Crippen LogP contribution is -2.08. The van der Waals surface area contributed by atoms with Crippen LogP contribution in [0.2, 0.25) is 0 Å². The van der Waals surface area contributed by atoms with Crippen molar-refractivity contribution in [2.75, 3.05) is 0 Å². The van der Waals surface area contributed by atoms with Crippen LogP contribution in [-0.2, 0) is 6.42 Å². The number of ether oxygens (including phenoxy) is 1. The van der Waals surface area contributed by atoms with Gasteiger partial charge < -0.3 is 4.74 Å². The summed E-state index contributed by atoms with van der Waals surface area (Å²) in [5, 5.41) is 6.47. The first kappa shape index (κ1) is 12.4. The van der Waals surface area contributed by atoms with E-state index in [1.807, 2.05) is 25.1 Å². The van der Waals surface area contributed by atoms with Crippen molar-refractivity contribution < 1.29 is 4.74 Å². The first-order valence-electron chi connectivity index (χ1n) is 6.02. The predicted octanol–water partition coefficient (Wildman–Crippen LogP) is 2.82. The molecule has 0 radical (unpaired) electrons. The first-order chi connectivity index (χ1) is 8.72. The van der Waals surface area contributed by atoms with Crippen LogP contribution in [-0.4, -0.2) is 10.2 Å². The third kappa shape index (κ3) is 2.59. The molecule has 1 aromatic heterocycles. The molecule has 2 aromatic rings. The lowest BCUT2D eigenvalue weighted by molar-refractivity contribution is 0.441. The Bertz CT molecular complexity index is 590. The van der Waals surface area contributed by atoms with Crippen LogP contribution in [0, 0.1) is 6.92 Å². The van der Waals surface area contributed by atoms with E-state index < -0.39 is 0 Å². The van der Waals surface area contributed by atoms with Gasteiger partial charge in [0.15, 0.2) is 0 Å². The Hall–Kier alpha value is -2.10. The molecule has 0 atom stereocenters. The van der Waals surface area contributed by atoms with E-state index in [0.29, 0.717) is 0 Å². The lowest BCUT2D eigenvalue weighted by atomic mass is 10.1. The van der Waals surface area contributed by atoms with Gasteiger partial charge in [-0.25, -0.2) is 0 Å². The molecule has 0 bridgehead atoms. The molecule has 4 nitrogen and oxygen atoms in total. The SMILES string of the molecule is CCCc1cccc(C)c1Oc1n[nH]ccc1=O. The lowest BCUT2D eigenvalue weighted by Gasteiger charge is -2.11. The van der Waals surface area contributed by atoms with Crippen molar-refractivity contribution in [1.82, 2.24) is 10.2 Å². The Morgan fingerprint density at radius 2 is 2.17 bits per heavy atom. The van der Waals surface area contributed by atoms with Gasteiger partial charge in [0.2, 0.25) is 5.43 Å². The second-order valence-electron chi connectivity index (χ2n) is 4.16. The molecule has 0 aliphatic carbocycles. The number of benzene rings is 1. The number of para-hydroxylation sites is 1. The predicted molar refractivity (Wildman–Crippen MR) is 70.1 cm³/mol. The highest BCUT2D eigenvalue weighted by atomic mass is 16.5. The molecule has 18 heavy (non-hydrogen) atoms. The number of H-pyrrole nitrogens is 1. The maximum Gasteiger partial charge on any atom is 0.285 e. The fraction of sp³-hybridized carbons (Fsp3) is 0.286. The molecule has 94 valence electrons. The largest absolute Gasteiger partial charge is 0.434 e. The number of nitrogens with one attached hydrogen (secondary N) is 1. The minimum Gasteiger partial charge on any atom is -0.434 e. The number of hydrogen-bond acceptors (Lipinski definition) is 3. The van der Waals surface area contributed by atoms with Gasteiger partial charge in [-0.05, 0) is 24.5 Å². The molecule has 1 N–H and O–H groups in total. The minimum atomic E-state index is -0.223. The Labute approximate surface area is 106 Å². The van der Waals surface area contributed by atoms with Crippen LogP contribution in [0.5, 0.6) is 11.6 Å². The molecule has 1 aromatic carbocycles. The smallest absolute Gasteiger partial charge is 0.285 e. The highest BCUT2D eigenvalue weighted by Gasteiger charge is 2.10. The second kappa shape index (κ2) is 5.49. The summed E-state index contributed by atoms with van der Waals surface area (Å²) in [6.45, 7) is 4.07. The summed E-state index contributed by atoms with van der Waals surface area (Å²) >= 11 is 0. The van der Waals surface area contributed by atoms with E-state index in [1.54, 1.807) is 0 Å². The Kier molecular flexibility index (Phi) is 3.77. The number of nitrogens with zero attached hydrogens (tertiary/aromatic N) is 1. The van der Waals surface area contributed by atoms with Crippen molar-refractivity contribution in [2.45, 2.75) is 26.7 Å². The van der Waals surface area contributed by atoms with Crippen molar-refractivity contribution in [3.05, 3.63) is 51.8 Å². The first-order valence-corrected chi connectivity index (χ1v) is 6.02. The average molecular weight is 244 g/mol. The Balaban J connectivity index is 2.39. The van der Waals surface area contributed by atoms with E-state index in [9.17, 15) is 4.79 Å². The van der Waals surface area contributed by atoms with Gasteiger partial charge in [0.25, 0.3) is 5.88 Å². The number of aryl methyl sites for hydroxylation is 2. The van der Waals surface area contributed by atoms with Crippen molar-refractivity contribution >= 4 is 0 Å². The zero-order chi connectivity index (χ0) is 13.0.